The van der Waals surface area contributed by atoms with E-state index in [1.807, 2.05) is 0 Å². The van der Waals surface area contributed by atoms with Crippen molar-refractivity contribution in [2.45, 2.75) is 26.2 Å². The molecule has 2 heterocycles. The minimum Gasteiger partial charge on any atom is -0.330 e. The molecule has 0 radical (unpaired) electrons. The van der Waals surface area contributed by atoms with Crippen molar-refractivity contribution in [1.82, 2.24) is 20.2 Å². The minimum atomic E-state index is -0.422. The molecule has 96 valence electrons. The zero-order valence-corrected chi connectivity index (χ0v) is 10.1. The number of fused-ring (bicyclic) bond motifs is 1. The average molecular weight is 249 g/mol. The number of aromatic amines is 2. The first kappa shape index (κ1) is 12.4. The first-order chi connectivity index (χ1) is 8.63. The van der Waals surface area contributed by atoms with Gasteiger partial charge in [-0.25, -0.2) is 4.98 Å². The molecular weight excluding hydrogens is 234 g/mol. The second kappa shape index (κ2) is 5.09. The Morgan fingerprint density at radius 3 is 2.78 bits per heavy atom. The second-order valence-electron chi connectivity index (χ2n) is 4.12. The maximum atomic E-state index is 11.8. The molecule has 0 amide bonds. The molecule has 0 aromatic carbocycles. The number of hydrogen-bond donors (Lipinski definition) is 3. The van der Waals surface area contributed by atoms with Gasteiger partial charge in [-0.05, 0) is 26.3 Å². The highest BCUT2D eigenvalue weighted by Gasteiger charge is 2.10. The van der Waals surface area contributed by atoms with Gasteiger partial charge in [0.1, 0.15) is 16.9 Å². The molecule has 0 fully saturated rings. The highest BCUT2D eigenvalue weighted by molar-refractivity contribution is 5.72. The summed E-state index contributed by atoms with van der Waals surface area (Å²) in [6.45, 7) is 2.16. The van der Waals surface area contributed by atoms with E-state index >= 15 is 0 Å². The van der Waals surface area contributed by atoms with Crippen LogP contribution < -0.4 is 16.7 Å². The summed E-state index contributed by atoms with van der Waals surface area (Å²) in [6, 6.07) is 0. The van der Waals surface area contributed by atoms with Gasteiger partial charge < -0.3 is 10.7 Å². The molecule has 7 heteroatoms. The van der Waals surface area contributed by atoms with Gasteiger partial charge in [-0.3, -0.25) is 14.7 Å². The van der Waals surface area contributed by atoms with Gasteiger partial charge in [0, 0.05) is 6.42 Å². The van der Waals surface area contributed by atoms with Crippen LogP contribution in [0.25, 0.3) is 11.0 Å². The zero-order chi connectivity index (χ0) is 13.1. The van der Waals surface area contributed by atoms with Crippen molar-refractivity contribution >= 4 is 11.0 Å². The third kappa shape index (κ3) is 2.30. The summed E-state index contributed by atoms with van der Waals surface area (Å²) in [7, 11) is 0. The fourth-order valence-corrected chi connectivity index (χ4v) is 1.74. The van der Waals surface area contributed by atoms with Crippen LogP contribution in [0.15, 0.2) is 9.59 Å². The van der Waals surface area contributed by atoms with E-state index in [1.165, 1.54) is 0 Å². The lowest BCUT2D eigenvalue weighted by atomic mass is 10.2. The third-order valence-corrected chi connectivity index (χ3v) is 2.72. The fraction of sp³-hybridized carbons (Fsp3) is 0.455. The van der Waals surface area contributed by atoms with Gasteiger partial charge in [-0.2, -0.15) is 5.10 Å². The minimum absolute atomic E-state index is 0.0325. The molecule has 0 saturated heterocycles. The summed E-state index contributed by atoms with van der Waals surface area (Å²) in [6.07, 6.45) is 2.33. The molecule has 2 aromatic rings. The molecule has 0 atom stereocenters. The van der Waals surface area contributed by atoms with E-state index in [0.29, 0.717) is 18.8 Å². The number of unbranched alkanes of at least 4 members (excludes halogenated alkanes) is 1. The molecule has 0 saturated carbocycles. The Labute approximate surface area is 102 Å². The lowest BCUT2D eigenvalue weighted by Crippen LogP contribution is -2.22. The molecule has 0 aliphatic heterocycles. The Kier molecular flexibility index (Phi) is 3.52. The van der Waals surface area contributed by atoms with Crippen LogP contribution in [0.1, 0.15) is 24.4 Å². The van der Waals surface area contributed by atoms with Crippen molar-refractivity contribution in [3.63, 3.8) is 0 Å². The van der Waals surface area contributed by atoms with Crippen molar-refractivity contribution in [2.24, 2.45) is 5.73 Å². The number of aromatic nitrogens is 4. The molecule has 7 nitrogen and oxygen atoms in total. The smallest absolute Gasteiger partial charge is 0.264 e. The van der Waals surface area contributed by atoms with Crippen LogP contribution in [0.3, 0.4) is 0 Å². The standard InChI is InChI=1S/C11H15N5O2/c1-6-9(17)8-10(16-15-6)13-7(14-11(8)18)4-2-3-5-12/h2-5,12H2,1H3,(H2,13,14,16,17,18). The molecule has 2 rings (SSSR count). The predicted octanol–water partition coefficient (Wildman–Crippen LogP) is -0.404. The van der Waals surface area contributed by atoms with E-state index in [9.17, 15) is 9.59 Å². The normalized spacial score (nSPS) is 11.0. The van der Waals surface area contributed by atoms with Crippen LogP contribution in [0, 0.1) is 6.92 Å². The molecule has 4 N–H and O–H groups in total. The number of rotatable bonds is 4. The van der Waals surface area contributed by atoms with Gasteiger partial charge in [0.05, 0.1) is 0 Å². The van der Waals surface area contributed by atoms with E-state index in [4.69, 9.17) is 5.73 Å². The van der Waals surface area contributed by atoms with Crippen LogP contribution >= 0.6 is 0 Å². The van der Waals surface area contributed by atoms with Gasteiger partial charge in [-0.15, -0.1) is 0 Å². The summed E-state index contributed by atoms with van der Waals surface area (Å²) in [5.41, 5.74) is 5.08. The Bertz CT molecular complexity index is 673. The topological polar surface area (TPSA) is 118 Å². The van der Waals surface area contributed by atoms with Crippen molar-refractivity contribution in [1.29, 1.82) is 0 Å². The molecule has 0 aliphatic rings. The van der Waals surface area contributed by atoms with Gasteiger partial charge >= 0.3 is 0 Å². The predicted molar refractivity (Wildman–Crippen MR) is 67.5 cm³/mol. The molecule has 0 spiro atoms. The number of hydrogen-bond acceptors (Lipinski definition) is 5. The number of nitrogens with one attached hydrogen (secondary N) is 2. The maximum absolute atomic E-state index is 11.8. The summed E-state index contributed by atoms with van der Waals surface area (Å²) in [5, 5.41) is 6.47. The summed E-state index contributed by atoms with van der Waals surface area (Å²) in [5.74, 6) is 0.544. The van der Waals surface area contributed by atoms with E-state index in [2.05, 4.69) is 20.2 Å². The largest absolute Gasteiger partial charge is 0.330 e. The molecular formula is C11H15N5O2. The monoisotopic (exact) mass is 249 g/mol. The van der Waals surface area contributed by atoms with Crippen LogP contribution in [-0.2, 0) is 6.42 Å². The Morgan fingerprint density at radius 2 is 2.06 bits per heavy atom. The van der Waals surface area contributed by atoms with Crippen molar-refractivity contribution in [3.05, 3.63) is 32.1 Å². The molecule has 0 aliphatic carbocycles. The van der Waals surface area contributed by atoms with Crippen LogP contribution in [0.5, 0.6) is 0 Å². The van der Waals surface area contributed by atoms with Gasteiger partial charge in [0.25, 0.3) is 5.56 Å². The van der Waals surface area contributed by atoms with Crippen LogP contribution in [0.2, 0.25) is 0 Å². The van der Waals surface area contributed by atoms with E-state index in [-0.39, 0.29) is 22.2 Å². The van der Waals surface area contributed by atoms with Gasteiger partial charge in [0.2, 0.25) is 5.43 Å². The molecule has 2 aromatic heterocycles. The van der Waals surface area contributed by atoms with Gasteiger partial charge in [0.15, 0.2) is 5.65 Å². The second-order valence-corrected chi connectivity index (χ2v) is 4.12. The molecule has 18 heavy (non-hydrogen) atoms. The first-order valence-electron chi connectivity index (χ1n) is 5.81. The number of nitrogens with zero attached hydrogens (tertiary/aromatic N) is 2. The summed E-state index contributed by atoms with van der Waals surface area (Å²) in [4.78, 5) is 30.4. The quantitative estimate of drug-likeness (QED) is 0.637. The van der Waals surface area contributed by atoms with Crippen molar-refractivity contribution in [3.8, 4) is 0 Å². The summed E-state index contributed by atoms with van der Waals surface area (Å²) >= 11 is 0. The van der Waals surface area contributed by atoms with Crippen molar-refractivity contribution < 1.29 is 0 Å². The van der Waals surface area contributed by atoms with Crippen LogP contribution in [0.4, 0.5) is 0 Å². The molecule has 0 unspecified atom stereocenters. The lowest BCUT2D eigenvalue weighted by Gasteiger charge is -2.02. The van der Waals surface area contributed by atoms with Crippen LogP contribution in [-0.4, -0.2) is 26.7 Å². The van der Waals surface area contributed by atoms with Crippen molar-refractivity contribution in [2.75, 3.05) is 6.54 Å². The zero-order valence-electron chi connectivity index (χ0n) is 10.1. The first-order valence-corrected chi connectivity index (χ1v) is 5.81. The Balaban J connectivity index is 2.48. The number of H-pyrrole nitrogens is 2. The lowest BCUT2D eigenvalue weighted by molar-refractivity contribution is 0.715. The SMILES string of the molecule is Cc1n[nH]c2nc(CCCCN)[nH]c(=O)c2c1=O. The Hall–Kier alpha value is -2.02. The highest BCUT2D eigenvalue weighted by Crippen LogP contribution is 2.01. The number of aryl methyl sites for hydroxylation is 2. The van der Waals surface area contributed by atoms with E-state index in [1.54, 1.807) is 6.92 Å². The highest BCUT2D eigenvalue weighted by atomic mass is 16.1. The fourth-order valence-electron chi connectivity index (χ4n) is 1.74. The van der Waals surface area contributed by atoms with Gasteiger partial charge in [-0.1, -0.05) is 0 Å². The summed E-state index contributed by atoms with van der Waals surface area (Å²) < 4.78 is 0. The average Bonchev–Trinajstić information content (AvgIpc) is 2.34. The third-order valence-electron chi connectivity index (χ3n) is 2.72. The van der Waals surface area contributed by atoms with E-state index in [0.717, 1.165) is 12.8 Å². The molecule has 0 bridgehead atoms. The number of nitrogens with two attached hydrogens (primary N) is 1. The Morgan fingerprint density at radius 1 is 1.28 bits per heavy atom. The van der Waals surface area contributed by atoms with E-state index < -0.39 is 5.56 Å². The maximum Gasteiger partial charge on any atom is 0.264 e.